The summed E-state index contributed by atoms with van der Waals surface area (Å²) < 4.78 is 14.5. The number of nitrogens with zero attached hydrogens (tertiary/aromatic N) is 2. The van der Waals surface area contributed by atoms with E-state index in [0.717, 1.165) is 22.9 Å². The molecular weight excluding hydrogens is 333 g/mol. The molecule has 1 N–H and O–H groups in total. The van der Waals surface area contributed by atoms with Crippen LogP contribution < -0.4 is 5.32 Å². The molecular formula is C13H12BrClFN3. The van der Waals surface area contributed by atoms with Gasteiger partial charge in [-0.15, -0.1) is 0 Å². The summed E-state index contributed by atoms with van der Waals surface area (Å²) in [5, 5.41) is 3.36. The molecule has 1 aromatic carbocycles. The molecule has 0 saturated carbocycles. The van der Waals surface area contributed by atoms with Crippen molar-refractivity contribution in [1.82, 2.24) is 9.97 Å². The monoisotopic (exact) mass is 343 g/mol. The van der Waals surface area contributed by atoms with Crippen molar-refractivity contribution in [2.45, 2.75) is 19.8 Å². The molecule has 0 atom stereocenters. The molecule has 6 heteroatoms. The van der Waals surface area contributed by atoms with Crippen LogP contribution in [0, 0.1) is 5.82 Å². The van der Waals surface area contributed by atoms with E-state index in [0.29, 0.717) is 16.7 Å². The summed E-state index contributed by atoms with van der Waals surface area (Å²) in [4.78, 5) is 8.09. The van der Waals surface area contributed by atoms with Crippen LogP contribution in [-0.2, 0) is 6.42 Å². The van der Waals surface area contributed by atoms with E-state index in [1.165, 1.54) is 12.4 Å². The van der Waals surface area contributed by atoms with E-state index in [2.05, 4.69) is 31.2 Å². The number of nitrogens with one attached hydrogen (secondary N) is 1. The third-order valence-corrected chi connectivity index (χ3v) is 3.39. The molecule has 0 unspecified atom stereocenters. The van der Waals surface area contributed by atoms with Crippen molar-refractivity contribution in [3.63, 3.8) is 0 Å². The molecule has 2 aromatic rings. The number of benzene rings is 1. The lowest BCUT2D eigenvalue weighted by Crippen LogP contribution is -2.02. The molecule has 0 amide bonds. The van der Waals surface area contributed by atoms with Gasteiger partial charge in [0, 0.05) is 10.0 Å². The van der Waals surface area contributed by atoms with Gasteiger partial charge in [-0.25, -0.2) is 14.4 Å². The van der Waals surface area contributed by atoms with E-state index in [4.69, 9.17) is 11.6 Å². The molecule has 19 heavy (non-hydrogen) atoms. The predicted octanol–water partition coefficient (Wildman–Crippen LogP) is 4.73. The molecule has 2 rings (SSSR count). The van der Waals surface area contributed by atoms with E-state index >= 15 is 0 Å². The maximum atomic E-state index is 13.7. The maximum absolute atomic E-state index is 13.7. The van der Waals surface area contributed by atoms with Gasteiger partial charge in [0.2, 0.25) is 0 Å². The van der Waals surface area contributed by atoms with E-state index in [-0.39, 0.29) is 5.82 Å². The second-order valence-electron chi connectivity index (χ2n) is 3.99. The van der Waals surface area contributed by atoms with Gasteiger partial charge in [0.25, 0.3) is 0 Å². The Hall–Kier alpha value is -1.20. The Labute approximate surface area is 124 Å². The van der Waals surface area contributed by atoms with Gasteiger partial charge < -0.3 is 5.32 Å². The summed E-state index contributed by atoms with van der Waals surface area (Å²) in [5.74, 6) is 0.194. The minimum Gasteiger partial charge on any atom is -0.337 e. The summed E-state index contributed by atoms with van der Waals surface area (Å²) >= 11 is 9.36. The average molecular weight is 345 g/mol. The van der Waals surface area contributed by atoms with Crippen LogP contribution >= 0.6 is 27.5 Å². The highest BCUT2D eigenvalue weighted by molar-refractivity contribution is 9.10. The lowest BCUT2D eigenvalue weighted by atomic mass is 10.2. The zero-order valence-corrected chi connectivity index (χ0v) is 12.6. The Morgan fingerprint density at radius 1 is 1.37 bits per heavy atom. The van der Waals surface area contributed by atoms with Gasteiger partial charge in [-0.3, -0.25) is 0 Å². The summed E-state index contributed by atoms with van der Waals surface area (Å²) in [5.41, 5.74) is 1.15. The number of hydrogen-bond acceptors (Lipinski definition) is 3. The molecule has 3 nitrogen and oxygen atoms in total. The third-order valence-electron chi connectivity index (χ3n) is 2.57. The van der Waals surface area contributed by atoms with E-state index in [9.17, 15) is 4.39 Å². The summed E-state index contributed by atoms with van der Waals surface area (Å²) in [7, 11) is 0. The smallest absolute Gasteiger partial charge is 0.146 e. The lowest BCUT2D eigenvalue weighted by molar-refractivity contribution is 0.631. The van der Waals surface area contributed by atoms with Gasteiger partial charge >= 0.3 is 0 Å². The lowest BCUT2D eigenvalue weighted by Gasteiger charge is -2.12. The quantitative estimate of drug-likeness (QED) is 0.815. The van der Waals surface area contributed by atoms with Crippen molar-refractivity contribution in [2.75, 3.05) is 5.32 Å². The van der Waals surface area contributed by atoms with Gasteiger partial charge in [-0.05, 0) is 24.6 Å². The number of halogens is 3. The average Bonchev–Trinajstić information content (AvgIpc) is 2.38. The molecule has 0 aliphatic rings. The van der Waals surface area contributed by atoms with Crippen molar-refractivity contribution >= 4 is 39.0 Å². The molecule has 0 aliphatic carbocycles. The summed E-state index contributed by atoms with van der Waals surface area (Å²) in [6, 6.07) is 4.68. The Bertz CT molecular complexity index is 592. The highest BCUT2D eigenvalue weighted by Crippen LogP contribution is 2.27. The maximum Gasteiger partial charge on any atom is 0.146 e. The van der Waals surface area contributed by atoms with Crippen molar-refractivity contribution < 1.29 is 4.39 Å². The van der Waals surface area contributed by atoms with Gasteiger partial charge in [-0.1, -0.05) is 40.9 Å². The number of aromatic nitrogens is 2. The van der Waals surface area contributed by atoms with Crippen molar-refractivity contribution in [3.05, 3.63) is 45.5 Å². The number of anilines is 2. The van der Waals surface area contributed by atoms with Crippen molar-refractivity contribution in [2.24, 2.45) is 0 Å². The van der Waals surface area contributed by atoms with Crippen LogP contribution in [0.25, 0.3) is 0 Å². The summed E-state index contributed by atoms with van der Waals surface area (Å²) in [6.07, 6.45) is 3.00. The number of hydrogen-bond donors (Lipinski definition) is 1. The van der Waals surface area contributed by atoms with Gasteiger partial charge in [0.15, 0.2) is 0 Å². The zero-order valence-electron chi connectivity index (χ0n) is 10.3. The molecule has 1 heterocycles. The van der Waals surface area contributed by atoms with E-state index in [1.54, 1.807) is 12.1 Å². The van der Waals surface area contributed by atoms with Crippen molar-refractivity contribution in [1.29, 1.82) is 0 Å². The van der Waals surface area contributed by atoms with Gasteiger partial charge in [0.1, 0.15) is 23.1 Å². The largest absolute Gasteiger partial charge is 0.337 e. The summed E-state index contributed by atoms with van der Waals surface area (Å²) in [6.45, 7) is 2.03. The Morgan fingerprint density at radius 3 is 2.89 bits per heavy atom. The predicted molar refractivity (Wildman–Crippen MR) is 78.4 cm³/mol. The zero-order chi connectivity index (χ0) is 13.8. The molecule has 1 aromatic heterocycles. The van der Waals surface area contributed by atoms with E-state index < -0.39 is 0 Å². The van der Waals surface area contributed by atoms with Gasteiger partial charge in [0.05, 0.1) is 5.69 Å². The van der Waals surface area contributed by atoms with Crippen LogP contribution in [0.1, 0.15) is 18.9 Å². The molecule has 0 radical (unpaired) electrons. The fourth-order valence-corrected chi connectivity index (χ4v) is 2.28. The first-order chi connectivity index (χ1) is 9.11. The first kappa shape index (κ1) is 14.2. The van der Waals surface area contributed by atoms with Crippen LogP contribution in [0.2, 0.25) is 5.15 Å². The van der Waals surface area contributed by atoms with Crippen LogP contribution in [0.5, 0.6) is 0 Å². The van der Waals surface area contributed by atoms with Gasteiger partial charge in [-0.2, -0.15) is 0 Å². The van der Waals surface area contributed by atoms with Crippen LogP contribution in [0.15, 0.2) is 29.0 Å². The normalized spacial score (nSPS) is 10.5. The minimum atomic E-state index is -0.347. The van der Waals surface area contributed by atoms with Crippen LogP contribution in [0.3, 0.4) is 0 Å². The molecule has 0 aliphatic heterocycles. The Morgan fingerprint density at radius 2 is 2.16 bits per heavy atom. The molecule has 0 spiro atoms. The topological polar surface area (TPSA) is 37.8 Å². The Kier molecular flexibility index (Phi) is 4.71. The number of rotatable bonds is 4. The Balaban J connectivity index is 2.37. The second-order valence-corrected chi connectivity index (χ2v) is 5.26. The first-order valence-electron chi connectivity index (χ1n) is 5.83. The molecule has 0 fully saturated rings. The fraction of sp³-hybridized carbons (Fsp3) is 0.231. The highest BCUT2D eigenvalue weighted by Gasteiger charge is 2.11. The van der Waals surface area contributed by atoms with Crippen LogP contribution in [-0.4, -0.2) is 9.97 Å². The second kappa shape index (κ2) is 6.30. The molecule has 0 bridgehead atoms. The van der Waals surface area contributed by atoms with Crippen molar-refractivity contribution in [3.8, 4) is 0 Å². The minimum absolute atomic E-state index is 0.347. The third kappa shape index (κ3) is 3.42. The molecule has 0 saturated heterocycles. The standard InChI is InChI=1S/C13H12BrClFN3/c1-2-3-9-12(15)17-7-18-13(9)19-11-6-8(14)4-5-10(11)16/h4-7H,2-3H2,1H3,(H,17,18,19). The van der Waals surface area contributed by atoms with Crippen LogP contribution in [0.4, 0.5) is 15.9 Å². The molecule has 100 valence electrons. The van der Waals surface area contributed by atoms with E-state index in [1.807, 2.05) is 6.92 Å². The first-order valence-corrected chi connectivity index (χ1v) is 7.00. The SMILES string of the molecule is CCCc1c(Cl)ncnc1Nc1cc(Br)ccc1F. The highest BCUT2D eigenvalue weighted by atomic mass is 79.9. The fourth-order valence-electron chi connectivity index (χ4n) is 1.69.